The van der Waals surface area contributed by atoms with Gasteiger partial charge in [-0.1, -0.05) is 63.8 Å². The van der Waals surface area contributed by atoms with Crippen LogP contribution >= 0.6 is 0 Å². The summed E-state index contributed by atoms with van der Waals surface area (Å²) in [5, 5.41) is 19.0. The minimum Gasteiger partial charge on any atom is -0.508 e. The second-order valence-electron chi connectivity index (χ2n) is 7.41. The van der Waals surface area contributed by atoms with E-state index in [2.05, 4.69) is 13.8 Å². The van der Waals surface area contributed by atoms with Gasteiger partial charge in [-0.25, -0.2) is 0 Å². The van der Waals surface area contributed by atoms with Crippen LogP contribution < -0.4 is 0 Å². The summed E-state index contributed by atoms with van der Waals surface area (Å²) >= 11 is 0. The summed E-state index contributed by atoms with van der Waals surface area (Å²) in [6.45, 7) is 4.42. The van der Waals surface area contributed by atoms with E-state index in [1.54, 1.807) is 24.3 Å². The van der Waals surface area contributed by atoms with Gasteiger partial charge in [-0.15, -0.1) is 0 Å². The van der Waals surface area contributed by atoms with Crippen LogP contribution in [0.15, 0.2) is 48.5 Å². The zero-order valence-electron chi connectivity index (χ0n) is 16.7. The lowest BCUT2D eigenvalue weighted by Gasteiger charge is -2.26. The number of unbranched alkanes of at least 4 members (excludes halogenated alkanes) is 2. The molecular weight excluding hydrogens is 336 g/mol. The van der Waals surface area contributed by atoms with Gasteiger partial charge < -0.3 is 14.9 Å². The Morgan fingerprint density at radius 2 is 1.04 bits per heavy atom. The molecule has 0 aliphatic carbocycles. The highest BCUT2D eigenvalue weighted by Gasteiger charge is 2.18. The van der Waals surface area contributed by atoms with E-state index >= 15 is 0 Å². The summed E-state index contributed by atoms with van der Waals surface area (Å²) in [6, 6.07) is 14.9. The SMILES string of the molecule is CCCCC(Cc1ccc(O)cc1)OC(CCCC)Cc1ccc(O)cc1. The van der Waals surface area contributed by atoms with Crippen LogP contribution in [0.4, 0.5) is 0 Å². The molecule has 0 saturated heterocycles. The first-order valence-electron chi connectivity index (χ1n) is 10.3. The third-order valence-electron chi connectivity index (χ3n) is 4.94. The molecule has 0 bridgehead atoms. The predicted octanol–water partition coefficient (Wildman–Crippen LogP) is 6.02. The molecule has 0 heterocycles. The maximum Gasteiger partial charge on any atom is 0.115 e. The van der Waals surface area contributed by atoms with Crippen molar-refractivity contribution < 1.29 is 14.9 Å². The molecule has 0 aliphatic rings. The average molecular weight is 371 g/mol. The number of phenolic OH excluding ortho intramolecular Hbond substituents is 2. The lowest BCUT2D eigenvalue weighted by molar-refractivity contribution is -0.0213. The molecule has 0 spiro atoms. The van der Waals surface area contributed by atoms with Crippen molar-refractivity contribution in [2.75, 3.05) is 0 Å². The molecule has 0 saturated carbocycles. The summed E-state index contributed by atoms with van der Waals surface area (Å²) in [7, 11) is 0. The summed E-state index contributed by atoms with van der Waals surface area (Å²) in [5.74, 6) is 0.607. The standard InChI is InChI=1S/C24H34O3/c1-3-5-7-23(17-19-9-13-21(25)14-10-19)27-24(8-6-4-2)18-20-11-15-22(26)16-12-20/h9-16,23-26H,3-8,17-18H2,1-2H3. The number of phenols is 2. The van der Waals surface area contributed by atoms with Crippen molar-refractivity contribution in [2.24, 2.45) is 0 Å². The van der Waals surface area contributed by atoms with Gasteiger partial charge in [0.25, 0.3) is 0 Å². The molecule has 0 amide bonds. The van der Waals surface area contributed by atoms with Gasteiger partial charge in [0.05, 0.1) is 12.2 Å². The van der Waals surface area contributed by atoms with E-state index in [9.17, 15) is 10.2 Å². The van der Waals surface area contributed by atoms with Gasteiger partial charge in [-0.2, -0.15) is 0 Å². The summed E-state index contributed by atoms with van der Waals surface area (Å²) < 4.78 is 6.60. The molecule has 3 nitrogen and oxygen atoms in total. The molecule has 2 rings (SSSR count). The van der Waals surface area contributed by atoms with Crippen LogP contribution in [-0.4, -0.2) is 22.4 Å². The van der Waals surface area contributed by atoms with Crippen LogP contribution in [0.1, 0.15) is 63.5 Å². The quantitative estimate of drug-likeness (QED) is 0.480. The van der Waals surface area contributed by atoms with E-state index in [0.717, 1.165) is 51.4 Å². The van der Waals surface area contributed by atoms with Crippen molar-refractivity contribution in [3.8, 4) is 11.5 Å². The Morgan fingerprint density at radius 3 is 1.37 bits per heavy atom. The van der Waals surface area contributed by atoms with Crippen molar-refractivity contribution >= 4 is 0 Å². The Labute approximate surface area is 164 Å². The van der Waals surface area contributed by atoms with Gasteiger partial charge in [0.2, 0.25) is 0 Å². The topological polar surface area (TPSA) is 49.7 Å². The Bertz CT molecular complexity index is 576. The molecule has 0 fully saturated rings. The Balaban J connectivity index is 2.04. The molecule has 2 unspecified atom stereocenters. The highest BCUT2D eigenvalue weighted by Crippen LogP contribution is 2.21. The average Bonchev–Trinajstić information content (AvgIpc) is 2.67. The molecule has 148 valence electrons. The molecule has 0 aliphatic heterocycles. The monoisotopic (exact) mass is 370 g/mol. The van der Waals surface area contributed by atoms with Crippen LogP contribution in [0.25, 0.3) is 0 Å². The molecule has 0 radical (unpaired) electrons. The zero-order valence-corrected chi connectivity index (χ0v) is 16.7. The number of aromatic hydroxyl groups is 2. The number of hydrogen-bond donors (Lipinski definition) is 2. The molecule has 2 N–H and O–H groups in total. The van der Waals surface area contributed by atoms with E-state index < -0.39 is 0 Å². The van der Waals surface area contributed by atoms with E-state index in [1.165, 1.54) is 11.1 Å². The normalized spacial score (nSPS) is 13.4. The van der Waals surface area contributed by atoms with Crippen molar-refractivity contribution in [1.29, 1.82) is 0 Å². The van der Waals surface area contributed by atoms with E-state index in [0.29, 0.717) is 11.5 Å². The number of hydrogen-bond acceptors (Lipinski definition) is 3. The third kappa shape index (κ3) is 8.04. The number of rotatable bonds is 12. The van der Waals surface area contributed by atoms with Crippen molar-refractivity contribution in [3.63, 3.8) is 0 Å². The zero-order chi connectivity index (χ0) is 19.5. The first kappa shape index (κ1) is 21.3. The number of benzene rings is 2. The van der Waals surface area contributed by atoms with Gasteiger partial charge in [0, 0.05) is 0 Å². The van der Waals surface area contributed by atoms with Crippen LogP contribution in [-0.2, 0) is 17.6 Å². The van der Waals surface area contributed by atoms with Gasteiger partial charge in [-0.3, -0.25) is 0 Å². The van der Waals surface area contributed by atoms with Crippen molar-refractivity contribution in [1.82, 2.24) is 0 Å². The molecule has 2 aromatic rings. The molecule has 2 atom stereocenters. The molecular formula is C24H34O3. The molecule has 3 heteroatoms. The largest absolute Gasteiger partial charge is 0.508 e. The Morgan fingerprint density at radius 1 is 0.667 bits per heavy atom. The van der Waals surface area contributed by atoms with Crippen LogP contribution in [0, 0.1) is 0 Å². The lowest BCUT2D eigenvalue weighted by atomic mass is 10.00. The summed E-state index contributed by atoms with van der Waals surface area (Å²) in [4.78, 5) is 0. The fourth-order valence-corrected chi connectivity index (χ4v) is 3.36. The third-order valence-corrected chi connectivity index (χ3v) is 4.94. The first-order valence-corrected chi connectivity index (χ1v) is 10.3. The summed E-state index contributed by atoms with van der Waals surface area (Å²) in [6.07, 6.45) is 8.86. The Hall–Kier alpha value is -2.00. The highest BCUT2D eigenvalue weighted by atomic mass is 16.5. The van der Waals surface area contributed by atoms with Gasteiger partial charge in [-0.05, 0) is 61.1 Å². The Kier molecular flexibility index (Phi) is 9.20. The minimum absolute atomic E-state index is 0.188. The predicted molar refractivity (Wildman–Crippen MR) is 111 cm³/mol. The molecule has 2 aromatic carbocycles. The maximum absolute atomic E-state index is 9.51. The van der Waals surface area contributed by atoms with E-state index in [-0.39, 0.29) is 12.2 Å². The first-order chi connectivity index (χ1) is 13.1. The van der Waals surface area contributed by atoms with Crippen LogP contribution in [0.5, 0.6) is 11.5 Å². The lowest BCUT2D eigenvalue weighted by Crippen LogP contribution is -2.26. The minimum atomic E-state index is 0.188. The number of ether oxygens (including phenoxy) is 1. The van der Waals surface area contributed by atoms with E-state index in [1.807, 2.05) is 24.3 Å². The fourth-order valence-electron chi connectivity index (χ4n) is 3.36. The highest BCUT2D eigenvalue weighted by molar-refractivity contribution is 5.27. The van der Waals surface area contributed by atoms with E-state index in [4.69, 9.17) is 4.74 Å². The van der Waals surface area contributed by atoms with Crippen molar-refractivity contribution in [2.45, 2.75) is 77.4 Å². The second kappa shape index (κ2) is 11.7. The van der Waals surface area contributed by atoms with Crippen LogP contribution in [0.3, 0.4) is 0 Å². The van der Waals surface area contributed by atoms with Crippen molar-refractivity contribution in [3.05, 3.63) is 59.7 Å². The van der Waals surface area contributed by atoms with Crippen LogP contribution in [0.2, 0.25) is 0 Å². The second-order valence-corrected chi connectivity index (χ2v) is 7.41. The van der Waals surface area contributed by atoms with Gasteiger partial charge in [0.15, 0.2) is 0 Å². The molecule has 27 heavy (non-hydrogen) atoms. The van der Waals surface area contributed by atoms with Gasteiger partial charge >= 0.3 is 0 Å². The maximum atomic E-state index is 9.51. The molecule has 0 aromatic heterocycles. The summed E-state index contributed by atoms with van der Waals surface area (Å²) in [5.41, 5.74) is 2.40. The smallest absolute Gasteiger partial charge is 0.115 e. The fraction of sp³-hybridized carbons (Fsp3) is 0.500. The van der Waals surface area contributed by atoms with Gasteiger partial charge in [0.1, 0.15) is 11.5 Å².